The maximum absolute atomic E-state index is 14.3. The molecule has 0 unspecified atom stereocenters. The number of rotatable bonds is 6. The molecule has 5 aromatic rings. The Balaban J connectivity index is 1.73. The number of aromatic amines is 1. The second-order valence-corrected chi connectivity index (χ2v) is 12.1. The minimum atomic E-state index is 0.0842. The molecule has 3 aromatic carbocycles. The summed E-state index contributed by atoms with van der Waals surface area (Å²) in [6.45, 7) is 3.05. The third-order valence-corrected chi connectivity index (χ3v) is 9.06. The minimum Gasteiger partial charge on any atom is -0.353 e. The number of benzene rings is 3. The van der Waals surface area contributed by atoms with Crippen LogP contribution in [0.4, 0.5) is 0 Å². The number of unbranched alkanes of at least 4 members (excludes halogenated alkanes) is 1. The molecule has 0 atom stereocenters. The van der Waals surface area contributed by atoms with Gasteiger partial charge in [0.15, 0.2) is 5.78 Å². The summed E-state index contributed by atoms with van der Waals surface area (Å²) in [4.78, 5) is 18.0. The molecule has 186 valence electrons. The zero-order chi connectivity index (χ0) is 25.7. The molecule has 0 bridgehead atoms. The molecule has 1 aliphatic heterocycles. The Bertz CT molecular complexity index is 1660. The summed E-state index contributed by atoms with van der Waals surface area (Å²) < 4.78 is 5.50. The number of carbonyl (C=O) groups excluding carboxylic acids is 1. The van der Waals surface area contributed by atoms with Crippen LogP contribution in [0.25, 0.3) is 33.4 Å². The van der Waals surface area contributed by atoms with Crippen molar-refractivity contribution in [3.63, 3.8) is 0 Å². The quantitative estimate of drug-likeness (QED) is 0.178. The molecule has 2 aromatic heterocycles. The Kier molecular flexibility index (Phi) is 6.76. The second kappa shape index (κ2) is 10.0. The van der Waals surface area contributed by atoms with Gasteiger partial charge in [0.25, 0.3) is 0 Å². The number of halogens is 3. The van der Waals surface area contributed by atoms with Crippen molar-refractivity contribution in [2.45, 2.75) is 39.2 Å². The summed E-state index contributed by atoms with van der Waals surface area (Å²) in [5, 5.41) is 1.22. The van der Waals surface area contributed by atoms with Crippen molar-refractivity contribution in [1.82, 2.24) is 9.55 Å². The molecule has 6 heteroatoms. The van der Waals surface area contributed by atoms with Crippen LogP contribution in [-0.2, 0) is 19.4 Å². The normalized spacial score (nSPS) is 12.5. The van der Waals surface area contributed by atoms with Crippen molar-refractivity contribution in [2.24, 2.45) is 0 Å². The molecule has 37 heavy (non-hydrogen) atoms. The van der Waals surface area contributed by atoms with Gasteiger partial charge in [-0.1, -0.05) is 110 Å². The van der Waals surface area contributed by atoms with E-state index >= 15 is 0 Å². The fourth-order valence-electron chi connectivity index (χ4n) is 5.67. The van der Waals surface area contributed by atoms with Crippen molar-refractivity contribution in [1.29, 1.82) is 0 Å². The Morgan fingerprint density at radius 2 is 1.73 bits per heavy atom. The van der Waals surface area contributed by atoms with Crippen LogP contribution in [-0.4, -0.2) is 15.3 Å². The molecule has 3 nitrogen and oxygen atoms in total. The van der Waals surface area contributed by atoms with Gasteiger partial charge in [-0.3, -0.25) is 4.79 Å². The van der Waals surface area contributed by atoms with Crippen molar-refractivity contribution < 1.29 is 4.79 Å². The summed E-state index contributed by atoms with van der Waals surface area (Å²) in [7, 11) is 0. The first-order valence-electron chi connectivity index (χ1n) is 12.6. The van der Waals surface area contributed by atoms with Crippen molar-refractivity contribution in [3.05, 3.63) is 103 Å². The summed E-state index contributed by atoms with van der Waals surface area (Å²) in [5.74, 6) is 0.0842. The highest BCUT2D eigenvalue weighted by molar-refractivity contribution is 9.11. The van der Waals surface area contributed by atoms with Crippen LogP contribution in [0, 0.1) is 0 Å². The number of aromatic nitrogens is 2. The fourth-order valence-corrected chi connectivity index (χ4v) is 7.62. The van der Waals surface area contributed by atoms with Gasteiger partial charge < -0.3 is 9.55 Å². The maximum atomic E-state index is 14.3. The van der Waals surface area contributed by atoms with E-state index in [0.717, 1.165) is 90.5 Å². The molecule has 0 saturated heterocycles. The molecule has 0 amide bonds. The molecule has 0 spiro atoms. The zero-order valence-electron chi connectivity index (χ0n) is 20.4. The number of fused-ring (bicyclic) bond motifs is 5. The van der Waals surface area contributed by atoms with Gasteiger partial charge in [0.2, 0.25) is 0 Å². The van der Waals surface area contributed by atoms with Gasteiger partial charge in [-0.15, -0.1) is 0 Å². The van der Waals surface area contributed by atoms with E-state index in [9.17, 15) is 4.79 Å². The molecular formula is C31H25Br3N2O. The average molecular weight is 681 g/mol. The van der Waals surface area contributed by atoms with E-state index in [2.05, 4.69) is 94.6 Å². The molecule has 0 aliphatic carbocycles. The van der Waals surface area contributed by atoms with E-state index in [1.165, 1.54) is 10.9 Å². The van der Waals surface area contributed by atoms with Gasteiger partial charge in [-0.25, -0.2) is 0 Å². The van der Waals surface area contributed by atoms with Crippen LogP contribution < -0.4 is 0 Å². The maximum Gasteiger partial charge on any atom is 0.195 e. The molecule has 3 heterocycles. The Hall–Kier alpha value is -2.41. The fraction of sp³-hybridized carbons (Fsp3) is 0.194. The van der Waals surface area contributed by atoms with Gasteiger partial charge in [-0.2, -0.15) is 0 Å². The molecule has 0 radical (unpaired) electrons. The molecule has 0 fully saturated rings. The number of H-pyrrole nitrogens is 1. The summed E-state index contributed by atoms with van der Waals surface area (Å²) >= 11 is 11.3. The van der Waals surface area contributed by atoms with Gasteiger partial charge in [-0.05, 0) is 48.6 Å². The lowest BCUT2D eigenvalue weighted by Crippen LogP contribution is -2.14. The molecular weight excluding hydrogens is 656 g/mol. The summed E-state index contributed by atoms with van der Waals surface area (Å²) in [5.41, 5.74) is 9.34. The monoisotopic (exact) mass is 678 g/mol. The van der Waals surface area contributed by atoms with Crippen molar-refractivity contribution in [3.8, 4) is 22.5 Å². The van der Waals surface area contributed by atoms with Gasteiger partial charge in [0.1, 0.15) is 0 Å². The Labute approximate surface area is 241 Å². The number of carbonyl (C=O) groups is 1. The zero-order valence-corrected chi connectivity index (χ0v) is 25.1. The number of aryl methyl sites for hydroxylation is 1. The van der Waals surface area contributed by atoms with Crippen LogP contribution in [0.15, 0.2) is 80.1 Å². The topological polar surface area (TPSA) is 37.8 Å². The lowest BCUT2D eigenvalue weighted by atomic mass is 9.91. The molecule has 1 aliphatic rings. The predicted octanol–water partition coefficient (Wildman–Crippen LogP) is 9.72. The van der Waals surface area contributed by atoms with E-state index in [1.807, 2.05) is 36.4 Å². The SMILES string of the molecule is CCCCc1c(C(=O)c2ccccc2)c(-c2ccccc2Br)c2n1CCc1c-2[nH]c2cc(Br)cc(Br)c12. The predicted molar refractivity (Wildman–Crippen MR) is 162 cm³/mol. The third kappa shape index (κ3) is 4.18. The van der Waals surface area contributed by atoms with Crippen LogP contribution in [0.2, 0.25) is 0 Å². The summed E-state index contributed by atoms with van der Waals surface area (Å²) in [6, 6.07) is 22.2. The highest BCUT2D eigenvalue weighted by atomic mass is 79.9. The van der Waals surface area contributed by atoms with Crippen molar-refractivity contribution >= 4 is 64.5 Å². The van der Waals surface area contributed by atoms with Crippen LogP contribution in [0.5, 0.6) is 0 Å². The first-order valence-corrected chi connectivity index (χ1v) is 15.0. The van der Waals surface area contributed by atoms with Crippen LogP contribution in [0.3, 0.4) is 0 Å². The Morgan fingerprint density at radius 1 is 0.973 bits per heavy atom. The number of nitrogens with one attached hydrogen (secondary N) is 1. The summed E-state index contributed by atoms with van der Waals surface area (Å²) in [6.07, 6.45) is 3.88. The average Bonchev–Trinajstić information content (AvgIpc) is 3.43. The van der Waals surface area contributed by atoms with Crippen LogP contribution in [0.1, 0.15) is 46.9 Å². The number of nitrogens with zero attached hydrogens (tertiary/aromatic N) is 1. The number of hydrogen-bond donors (Lipinski definition) is 1. The molecule has 6 rings (SSSR count). The highest BCUT2D eigenvalue weighted by Crippen LogP contribution is 2.48. The van der Waals surface area contributed by atoms with Gasteiger partial charge >= 0.3 is 0 Å². The highest BCUT2D eigenvalue weighted by Gasteiger charge is 2.34. The Morgan fingerprint density at radius 3 is 2.49 bits per heavy atom. The molecule has 1 N–H and O–H groups in total. The second-order valence-electron chi connectivity index (χ2n) is 9.51. The standard InChI is InChI=1S/C31H25Br3N2O/c1-2-3-13-25-28(31(37)18-9-5-4-6-10-18)27(20-11-7-8-12-22(20)33)30-29-21(14-15-36(25)30)26-23(34)16-19(32)17-24(26)35-29/h4-12,16-17,35H,2-3,13-15H2,1H3. The number of ketones is 1. The van der Waals surface area contributed by atoms with E-state index < -0.39 is 0 Å². The first-order chi connectivity index (χ1) is 18.0. The van der Waals surface area contributed by atoms with E-state index in [1.54, 1.807) is 0 Å². The minimum absolute atomic E-state index is 0.0842. The van der Waals surface area contributed by atoms with Gasteiger partial charge in [0, 0.05) is 47.7 Å². The van der Waals surface area contributed by atoms with E-state index in [-0.39, 0.29) is 5.78 Å². The molecule has 0 saturated carbocycles. The first kappa shape index (κ1) is 24.9. The van der Waals surface area contributed by atoms with E-state index in [4.69, 9.17) is 0 Å². The largest absolute Gasteiger partial charge is 0.353 e. The lowest BCUT2D eigenvalue weighted by Gasteiger charge is -2.20. The van der Waals surface area contributed by atoms with E-state index in [0.29, 0.717) is 0 Å². The van der Waals surface area contributed by atoms with Crippen molar-refractivity contribution in [2.75, 3.05) is 0 Å². The van der Waals surface area contributed by atoms with Crippen LogP contribution >= 0.6 is 47.8 Å². The smallest absolute Gasteiger partial charge is 0.195 e. The number of hydrogen-bond acceptors (Lipinski definition) is 1. The third-order valence-electron chi connectivity index (χ3n) is 7.28. The lowest BCUT2D eigenvalue weighted by molar-refractivity contribution is 0.103. The van der Waals surface area contributed by atoms with Gasteiger partial charge in [0.05, 0.1) is 17.0 Å².